The van der Waals surface area contributed by atoms with Gasteiger partial charge in [0.2, 0.25) is 5.91 Å². The van der Waals surface area contributed by atoms with Crippen LogP contribution in [0.1, 0.15) is 18.9 Å². The summed E-state index contributed by atoms with van der Waals surface area (Å²) in [6, 6.07) is 20.7. The van der Waals surface area contributed by atoms with Gasteiger partial charge in [0.25, 0.3) is 10.0 Å². The molecule has 1 heterocycles. The van der Waals surface area contributed by atoms with Gasteiger partial charge < -0.3 is 19.7 Å². The maximum Gasteiger partial charge on any atom is 0.262 e. The zero-order valence-electron chi connectivity index (χ0n) is 19.7. The summed E-state index contributed by atoms with van der Waals surface area (Å²) >= 11 is 0. The van der Waals surface area contributed by atoms with E-state index in [0.717, 1.165) is 12.0 Å². The molecule has 9 heteroatoms. The van der Waals surface area contributed by atoms with Gasteiger partial charge in [-0.05, 0) is 48.9 Å². The second-order valence-electron chi connectivity index (χ2n) is 8.39. The summed E-state index contributed by atoms with van der Waals surface area (Å²) < 4.78 is 39.5. The van der Waals surface area contributed by atoms with E-state index in [1.54, 1.807) is 49.2 Å². The molecule has 2 N–H and O–H groups in total. The van der Waals surface area contributed by atoms with Crippen molar-refractivity contribution in [2.45, 2.75) is 30.8 Å². The molecule has 0 radical (unpaired) electrons. The van der Waals surface area contributed by atoms with Crippen molar-refractivity contribution in [2.75, 3.05) is 30.3 Å². The Kier molecular flexibility index (Phi) is 7.45. The zero-order chi connectivity index (χ0) is 24.8. The Bertz CT molecular complexity index is 1260. The van der Waals surface area contributed by atoms with Crippen LogP contribution in [-0.4, -0.2) is 45.5 Å². The van der Waals surface area contributed by atoms with Crippen LogP contribution in [0.15, 0.2) is 77.7 Å². The van der Waals surface area contributed by atoms with Gasteiger partial charge in [-0.15, -0.1) is 0 Å². The molecule has 0 aromatic heterocycles. The van der Waals surface area contributed by atoms with Gasteiger partial charge in [-0.3, -0.25) is 9.52 Å². The Morgan fingerprint density at radius 3 is 2.31 bits per heavy atom. The number of anilines is 2. The number of carbonyl (C=O) groups excluding carboxylic acids is 1. The summed E-state index contributed by atoms with van der Waals surface area (Å²) in [5, 5.41) is 3.17. The molecule has 0 fully saturated rings. The lowest BCUT2D eigenvalue weighted by atomic mass is 10.2. The van der Waals surface area contributed by atoms with E-state index in [2.05, 4.69) is 10.0 Å². The molecule has 0 bridgehead atoms. The van der Waals surface area contributed by atoms with Gasteiger partial charge in [0, 0.05) is 37.5 Å². The number of amides is 1. The van der Waals surface area contributed by atoms with Crippen LogP contribution < -0.4 is 19.5 Å². The maximum atomic E-state index is 12.9. The number of benzene rings is 3. The topological polar surface area (TPSA) is 97.0 Å². The van der Waals surface area contributed by atoms with Crippen molar-refractivity contribution < 1.29 is 22.7 Å². The lowest BCUT2D eigenvalue weighted by Gasteiger charge is -2.23. The van der Waals surface area contributed by atoms with E-state index in [-0.39, 0.29) is 10.8 Å². The molecule has 1 aliphatic rings. The highest BCUT2D eigenvalue weighted by molar-refractivity contribution is 7.92. The van der Waals surface area contributed by atoms with Crippen LogP contribution in [0.5, 0.6) is 11.5 Å². The van der Waals surface area contributed by atoms with Gasteiger partial charge in [0.1, 0.15) is 6.04 Å². The van der Waals surface area contributed by atoms with E-state index in [1.807, 2.05) is 30.3 Å². The van der Waals surface area contributed by atoms with Crippen molar-refractivity contribution >= 4 is 27.3 Å². The van der Waals surface area contributed by atoms with Crippen molar-refractivity contribution in [3.8, 4) is 11.5 Å². The number of rotatable bonds is 8. The van der Waals surface area contributed by atoms with Crippen molar-refractivity contribution in [1.82, 2.24) is 4.90 Å². The number of carbonyl (C=O) groups is 1. The van der Waals surface area contributed by atoms with E-state index in [0.29, 0.717) is 42.6 Å². The summed E-state index contributed by atoms with van der Waals surface area (Å²) in [5.74, 6) is 0.906. The van der Waals surface area contributed by atoms with Crippen LogP contribution in [0.3, 0.4) is 0 Å². The second-order valence-corrected chi connectivity index (χ2v) is 10.1. The summed E-state index contributed by atoms with van der Waals surface area (Å²) in [6.45, 7) is 3.32. The molecule has 1 aliphatic heterocycles. The molecule has 0 aliphatic carbocycles. The van der Waals surface area contributed by atoms with Crippen molar-refractivity contribution in [3.63, 3.8) is 0 Å². The van der Waals surface area contributed by atoms with Gasteiger partial charge in [-0.1, -0.05) is 30.3 Å². The van der Waals surface area contributed by atoms with E-state index >= 15 is 0 Å². The summed E-state index contributed by atoms with van der Waals surface area (Å²) in [4.78, 5) is 14.5. The molecule has 4 rings (SSSR count). The molecule has 3 aromatic carbocycles. The third kappa shape index (κ3) is 6.24. The number of ether oxygens (including phenoxy) is 2. The number of nitrogens with one attached hydrogen (secondary N) is 2. The van der Waals surface area contributed by atoms with Gasteiger partial charge in [-0.2, -0.15) is 0 Å². The number of nitrogens with zero attached hydrogens (tertiary/aromatic N) is 1. The number of sulfonamides is 1. The van der Waals surface area contributed by atoms with Crippen LogP contribution in [0.2, 0.25) is 0 Å². The monoisotopic (exact) mass is 495 g/mol. The molecular weight excluding hydrogens is 466 g/mol. The molecule has 35 heavy (non-hydrogen) atoms. The first-order valence-corrected chi connectivity index (χ1v) is 12.9. The van der Waals surface area contributed by atoms with Gasteiger partial charge >= 0.3 is 0 Å². The van der Waals surface area contributed by atoms with E-state index in [4.69, 9.17) is 9.47 Å². The van der Waals surface area contributed by atoms with Gasteiger partial charge in [-0.25, -0.2) is 8.42 Å². The van der Waals surface area contributed by atoms with Crippen LogP contribution in [0.25, 0.3) is 0 Å². The predicted molar refractivity (Wildman–Crippen MR) is 135 cm³/mol. The minimum absolute atomic E-state index is 0.0481. The lowest BCUT2D eigenvalue weighted by Crippen LogP contribution is -2.38. The molecule has 1 amide bonds. The summed E-state index contributed by atoms with van der Waals surface area (Å²) in [5.41, 5.74) is 2.17. The molecule has 8 nitrogen and oxygen atoms in total. The normalized spacial score (nSPS) is 13.9. The van der Waals surface area contributed by atoms with E-state index < -0.39 is 16.1 Å². The van der Waals surface area contributed by atoms with Crippen LogP contribution >= 0.6 is 0 Å². The Balaban J connectivity index is 1.37. The highest BCUT2D eigenvalue weighted by Crippen LogP contribution is 2.32. The first-order valence-electron chi connectivity index (χ1n) is 11.4. The third-order valence-electron chi connectivity index (χ3n) is 5.56. The van der Waals surface area contributed by atoms with Crippen LogP contribution in [0.4, 0.5) is 11.4 Å². The highest BCUT2D eigenvalue weighted by Gasteiger charge is 2.20. The van der Waals surface area contributed by atoms with E-state index in [9.17, 15) is 13.2 Å². The molecule has 0 saturated heterocycles. The Morgan fingerprint density at radius 1 is 0.943 bits per heavy atom. The fraction of sp³-hybridized carbons (Fsp3) is 0.269. The first-order chi connectivity index (χ1) is 16.8. The summed E-state index contributed by atoms with van der Waals surface area (Å²) in [6.07, 6.45) is 0.739. The number of hydrogen-bond acceptors (Lipinski definition) is 6. The fourth-order valence-electron chi connectivity index (χ4n) is 3.74. The number of likely N-dealkylation sites (N-methyl/N-ethyl adjacent to an activating group) is 1. The maximum absolute atomic E-state index is 12.9. The van der Waals surface area contributed by atoms with Gasteiger partial charge in [0.05, 0.1) is 18.1 Å². The first kappa shape index (κ1) is 24.4. The van der Waals surface area contributed by atoms with Gasteiger partial charge in [0.15, 0.2) is 11.5 Å². The summed E-state index contributed by atoms with van der Waals surface area (Å²) in [7, 11) is -2.05. The number of hydrogen-bond donors (Lipinski definition) is 2. The Labute approximate surface area is 205 Å². The van der Waals surface area contributed by atoms with Crippen molar-refractivity contribution in [3.05, 3.63) is 78.4 Å². The molecule has 0 spiro atoms. The predicted octanol–water partition coefficient (Wildman–Crippen LogP) is 4.11. The molecule has 0 saturated carbocycles. The van der Waals surface area contributed by atoms with Crippen molar-refractivity contribution in [1.29, 1.82) is 0 Å². The molecular formula is C26H29N3O5S. The smallest absolute Gasteiger partial charge is 0.262 e. The highest BCUT2D eigenvalue weighted by atomic mass is 32.2. The van der Waals surface area contributed by atoms with Crippen molar-refractivity contribution in [2.24, 2.45) is 0 Å². The molecule has 0 unspecified atom stereocenters. The quantitative estimate of drug-likeness (QED) is 0.488. The molecule has 3 aromatic rings. The average Bonchev–Trinajstić information content (AvgIpc) is 3.10. The third-order valence-corrected chi connectivity index (χ3v) is 6.94. The second kappa shape index (κ2) is 10.7. The average molecular weight is 496 g/mol. The van der Waals surface area contributed by atoms with E-state index in [1.165, 1.54) is 12.1 Å². The Morgan fingerprint density at radius 2 is 1.60 bits per heavy atom. The minimum Gasteiger partial charge on any atom is -0.490 e. The standard InChI is InChI=1S/C26H29N3O5S/c1-19(26(30)29(2)18-20-7-4-3-5-8-20)27-21-9-11-22(12-10-21)28-35(31,32)23-13-14-24-25(17-23)34-16-6-15-33-24/h3-5,7-14,17,19,27-28H,6,15-16,18H2,1-2H3/t19-/m1/s1. The fourth-order valence-corrected chi connectivity index (χ4v) is 4.81. The molecule has 1 atom stereocenters. The lowest BCUT2D eigenvalue weighted by molar-refractivity contribution is -0.130. The molecule has 184 valence electrons. The van der Waals surface area contributed by atoms with Crippen LogP contribution in [-0.2, 0) is 21.4 Å². The largest absolute Gasteiger partial charge is 0.490 e. The number of fused-ring (bicyclic) bond motifs is 1. The minimum atomic E-state index is -3.82. The Hall–Kier alpha value is -3.72. The van der Waals surface area contributed by atoms with Crippen LogP contribution in [0, 0.1) is 0 Å². The SMILES string of the molecule is C[C@@H](Nc1ccc(NS(=O)(=O)c2ccc3c(c2)OCCCO3)cc1)C(=O)N(C)Cc1ccccc1. The zero-order valence-corrected chi connectivity index (χ0v) is 20.5.